The fourth-order valence-electron chi connectivity index (χ4n) is 8.75. The minimum Gasteiger partial charge on any atom is -0.462 e. The molecule has 2 N–H and O–H groups in total. The van der Waals surface area contributed by atoms with Gasteiger partial charge in [-0.2, -0.15) is 0 Å². The Labute approximate surface area is 385 Å². The van der Waals surface area contributed by atoms with Gasteiger partial charge in [-0.15, -0.1) is 0 Å². The SMILES string of the molecule is CCC(=O)O[C@H]1[C@H](C)O[C@@H](O[C@H]2[C@H](N(C)C)[C@@H](O)[C@H](O[C@H]3[C@@H](CC(OC)OC)C[C@@H](C)[C@@H](O[Si](C)(C)C(C)(C)C)/C=C/C=C/C[C@@H](C)OC(=O)C[C@@H](OC)[C@@H]3OC)O[C@@H]2C)C[C@@]1(C)O. The molecule has 3 heterocycles. The van der Waals surface area contributed by atoms with Crippen molar-refractivity contribution < 1.29 is 71.6 Å². The third-order valence-corrected chi connectivity index (χ3v) is 17.9. The highest BCUT2D eigenvalue weighted by Crippen LogP contribution is 2.41. The lowest BCUT2D eigenvalue weighted by molar-refractivity contribution is -0.345. The maximum atomic E-state index is 13.5. The number of methoxy groups -OCH3 is 4. The Bertz CT molecular complexity index is 1480. The van der Waals surface area contributed by atoms with Gasteiger partial charge in [0.05, 0.1) is 43.0 Å². The fraction of sp³-hybridized carbons (Fsp3) is 0.872. The van der Waals surface area contributed by atoms with Gasteiger partial charge in [-0.3, -0.25) is 9.59 Å². The highest BCUT2D eigenvalue weighted by atomic mass is 28.4. The molecule has 3 rings (SSSR count). The summed E-state index contributed by atoms with van der Waals surface area (Å²) in [4.78, 5) is 27.6. The van der Waals surface area contributed by atoms with Gasteiger partial charge in [-0.25, -0.2) is 0 Å². The lowest BCUT2D eigenvalue weighted by atomic mass is 9.82. The van der Waals surface area contributed by atoms with Crippen LogP contribution in [0.3, 0.4) is 0 Å². The normalized spacial score (nSPS) is 38.8. The summed E-state index contributed by atoms with van der Waals surface area (Å²) in [6, 6.07) is -0.696. The van der Waals surface area contributed by atoms with Crippen LogP contribution in [0.5, 0.6) is 0 Å². The maximum Gasteiger partial charge on any atom is 0.308 e. The number of aliphatic hydroxyl groups excluding tert-OH is 1. The molecular formula is C47H85NO15Si. The van der Waals surface area contributed by atoms with Crippen LogP contribution in [0.2, 0.25) is 18.1 Å². The van der Waals surface area contributed by atoms with E-state index in [1.54, 1.807) is 42.1 Å². The highest BCUT2D eigenvalue weighted by molar-refractivity contribution is 6.74. The molecule has 0 radical (unpaired) electrons. The fourth-order valence-corrected chi connectivity index (χ4v) is 10.1. The maximum absolute atomic E-state index is 13.5. The van der Waals surface area contributed by atoms with Gasteiger partial charge in [-0.05, 0) is 78.2 Å². The number of rotatable bonds is 15. The van der Waals surface area contributed by atoms with Gasteiger partial charge in [0.15, 0.2) is 33.3 Å². The number of nitrogens with zero attached hydrogens (tertiary/aromatic N) is 1. The Kier molecular flexibility index (Phi) is 22.0. The Balaban J connectivity index is 2.12. The third kappa shape index (κ3) is 15.3. The first-order valence-electron chi connectivity index (χ1n) is 23.0. The van der Waals surface area contributed by atoms with E-state index in [4.69, 9.17) is 51.8 Å². The number of ether oxygens (including phenoxy) is 10. The molecule has 0 bridgehead atoms. The number of aliphatic hydroxyl groups is 2. The molecule has 0 amide bonds. The van der Waals surface area contributed by atoms with Crippen LogP contribution in [0.15, 0.2) is 24.3 Å². The lowest BCUT2D eigenvalue weighted by Gasteiger charge is -2.50. The molecule has 0 aromatic carbocycles. The van der Waals surface area contributed by atoms with E-state index >= 15 is 0 Å². The van der Waals surface area contributed by atoms with Crippen molar-refractivity contribution in [1.29, 1.82) is 0 Å². The Hall–Kier alpha value is -1.84. The summed E-state index contributed by atoms with van der Waals surface area (Å²) in [5.74, 6) is -1.39. The second-order valence-electron chi connectivity index (χ2n) is 19.9. The predicted octanol–water partition coefficient (Wildman–Crippen LogP) is 5.91. The summed E-state index contributed by atoms with van der Waals surface area (Å²) in [6.45, 7) is 22.0. The van der Waals surface area contributed by atoms with Crippen LogP contribution in [0, 0.1) is 11.8 Å². The molecule has 0 spiro atoms. The number of likely N-dealkylation sites (N-methyl/N-ethyl adjacent to an activating group) is 1. The molecule has 2 fully saturated rings. The van der Waals surface area contributed by atoms with E-state index in [0.717, 1.165) is 0 Å². The smallest absolute Gasteiger partial charge is 0.308 e. The van der Waals surface area contributed by atoms with E-state index in [0.29, 0.717) is 19.3 Å². The zero-order valence-electron chi connectivity index (χ0n) is 41.9. The van der Waals surface area contributed by atoms with Crippen LogP contribution in [0.1, 0.15) is 101 Å². The number of allylic oxidation sites excluding steroid dienone is 2. The quantitative estimate of drug-likeness (QED) is 0.112. The largest absolute Gasteiger partial charge is 0.462 e. The number of carbonyl (C=O) groups excluding carboxylic acids is 2. The third-order valence-electron chi connectivity index (χ3n) is 13.4. The van der Waals surface area contributed by atoms with Crippen molar-refractivity contribution >= 4 is 20.3 Å². The Morgan fingerprint density at radius 2 is 1.62 bits per heavy atom. The molecule has 3 aliphatic rings. The van der Waals surface area contributed by atoms with Crippen molar-refractivity contribution in [2.45, 2.75) is 211 Å². The molecule has 2 saturated heterocycles. The van der Waals surface area contributed by atoms with E-state index in [-0.39, 0.29) is 36.3 Å². The minimum atomic E-state index is -2.29. The van der Waals surface area contributed by atoms with Gasteiger partial charge in [0.1, 0.15) is 30.0 Å². The van der Waals surface area contributed by atoms with Crippen LogP contribution in [0.4, 0.5) is 0 Å². The van der Waals surface area contributed by atoms with Crippen LogP contribution in [-0.2, 0) is 61.4 Å². The molecule has 0 aromatic heterocycles. The lowest BCUT2D eigenvalue weighted by Crippen LogP contribution is -2.66. The van der Waals surface area contributed by atoms with Crippen molar-refractivity contribution in [2.24, 2.45) is 11.8 Å². The minimum absolute atomic E-state index is 0.00123. The average Bonchev–Trinajstić information content (AvgIpc) is 3.19. The van der Waals surface area contributed by atoms with Crippen molar-refractivity contribution in [3.63, 3.8) is 0 Å². The van der Waals surface area contributed by atoms with Crippen LogP contribution in [-0.4, -0.2) is 169 Å². The molecule has 0 aliphatic carbocycles. The summed E-state index contributed by atoms with van der Waals surface area (Å²) >= 11 is 0. The second kappa shape index (κ2) is 25.0. The first kappa shape index (κ1) is 56.5. The topological polar surface area (TPSA) is 179 Å². The van der Waals surface area contributed by atoms with Crippen molar-refractivity contribution in [3.05, 3.63) is 24.3 Å². The number of hydrogen-bond acceptors (Lipinski definition) is 16. The molecule has 0 saturated carbocycles. The van der Waals surface area contributed by atoms with Crippen molar-refractivity contribution in [1.82, 2.24) is 4.90 Å². The van der Waals surface area contributed by atoms with E-state index in [1.807, 2.05) is 51.1 Å². The Morgan fingerprint density at radius 1 is 0.969 bits per heavy atom. The molecule has 3 aliphatic heterocycles. The molecular weight excluding hydrogens is 847 g/mol. The number of cyclic esters (lactones) is 1. The molecule has 372 valence electrons. The second-order valence-corrected chi connectivity index (χ2v) is 24.7. The van der Waals surface area contributed by atoms with Crippen molar-refractivity contribution in [2.75, 3.05) is 42.5 Å². The van der Waals surface area contributed by atoms with E-state index < -0.39 is 112 Å². The first-order valence-corrected chi connectivity index (χ1v) is 25.9. The zero-order chi connectivity index (χ0) is 48.3. The van der Waals surface area contributed by atoms with E-state index in [9.17, 15) is 19.8 Å². The number of esters is 2. The van der Waals surface area contributed by atoms with Gasteiger partial charge in [0.2, 0.25) is 0 Å². The molecule has 16 atom stereocenters. The predicted molar refractivity (Wildman–Crippen MR) is 244 cm³/mol. The average molecular weight is 932 g/mol. The summed E-state index contributed by atoms with van der Waals surface area (Å²) in [5, 5.41) is 23.8. The van der Waals surface area contributed by atoms with E-state index in [2.05, 4.69) is 46.9 Å². The molecule has 17 heteroatoms. The standard InChI is InChI=1S/C47H85NO15Si/c1-18-35(49)60-44-31(5)58-38(27-47(44,9)52)61-41-30(4)59-45(40(51)39(41)48(10)11)62-42-32(25-37(54-13)55-14)24-28(2)33(63-64(16,17)46(6,7)8)23-21-19-20-22-29(3)57-36(50)26-34(53-12)43(42)56-15/h19-21,23,28-34,37-45,51-52H,18,22,24-27H2,1-17H3/b20-19+,23-21+/t28-,29-,30-,31+,32-,33+,34-,38+,39-,40-,41-,42+,43+,44+,45+,47-/m1/s1. The van der Waals surface area contributed by atoms with Gasteiger partial charge in [0, 0.05) is 54.1 Å². The van der Waals surface area contributed by atoms with Crippen LogP contribution < -0.4 is 0 Å². The van der Waals surface area contributed by atoms with Crippen LogP contribution >= 0.6 is 0 Å². The van der Waals surface area contributed by atoms with Gasteiger partial charge in [-0.1, -0.05) is 58.9 Å². The molecule has 0 unspecified atom stereocenters. The monoisotopic (exact) mass is 932 g/mol. The molecule has 0 aromatic rings. The Morgan fingerprint density at radius 3 is 2.17 bits per heavy atom. The highest BCUT2D eigenvalue weighted by Gasteiger charge is 2.53. The van der Waals surface area contributed by atoms with Crippen molar-refractivity contribution in [3.8, 4) is 0 Å². The van der Waals surface area contributed by atoms with Crippen LogP contribution in [0.25, 0.3) is 0 Å². The van der Waals surface area contributed by atoms with Gasteiger partial charge >= 0.3 is 11.9 Å². The van der Waals surface area contributed by atoms with E-state index in [1.165, 1.54) is 7.11 Å². The zero-order valence-corrected chi connectivity index (χ0v) is 42.9. The van der Waals surface area contributed by atoms with Gasteiger partial charge < -0.3 is 66.9 Å². The molecule has 64 heavy (non-hydrogen) atoms. The summed E-state index contributed by atoms with van der Waals surface area (Å²) in [5.41, 5.74) is -1.46. The summed E-state index contributed by atoms with van der Waals surface area (Å²) in [6.07, 6.45) is -0.956. The number of carbonyl (C=O) groups is 2. The summed E-state index contributed by atoms with van der Waals surface area (Å²) < 4.78 is 69.0. The number of hydrogen-bond donors (Lipinski definition) is 2. The van der Waals surface area contributed by atoms with Gasteiger partial charge in [0.25, 0.3) is 0 Å². The first-order chi connectivity index (χ1) is 29.8. The summed E-state index contributed by atoms with van der Waals surface area (Å²) in [7, 11) is 7.59. The molecule has 16 nitrogen and oxygen atoms in total.